The molecule has 20 heavy (non-hydrogen) atoms. The fraction of sp³-hybridized carbons (Fsp3) is 0.933. The molecule has 0 aromatic carbocycles. The van der Waals surface area contributed by atoms with Crippen molar-refractivity contribution < 1.29 is 13.6 Å². The molecule has 0 aliphatic rings. The number of carbonyl (C=O) groups is 1. The van der Waals surface area contributed by atoms with Gasteiger partial charge in [0.1, 0.15) is 0 Å². The molecule has 0 aromatic rings. The Morgan fingerprint density at radius 1 is 0.800 bits per heavy atom. The number of rotatable bonds is 5. The van der Waals surface area contributed by atoms with E-state index in [0.717, 1.165) is 0 Å². The fourth-order valence-electron chi connectivity index (χ4n) is 1.08. The van der Waals surface area contributed by atoms with Crippen LogP contribution in [-0.2, 0) is 13.6 Å². The summed E-state index contributed by atoms with van der Waals surface area (Å²) in [5, 5.41) is 0.134. The van der Waals surface area contributed by atoms with Crippen molar-refractivity contribution >= 4 is 22.4 Å². The number of ketones is 1. The fourth-order valence-corrected chi connectivity index (χ4v) is 3.38. The van der Waals surface area contributed by atoms with Gasteiger partial charge in [-0.25, -0.2) is 0 Å². The summed E-state index contributed by atoms with van der Waals surface area (Å²) in [6.45, 7) is 23.2. The second kappa shape index (κ2) is 6.03. The van der Waals surface area contributed by atoms with Crippen molar-refractivity contribution in [3.63, 3.8) is 0 Å². The van der Waals surface area contributed by atoms with Gasteiger partial charge in [-0.05, 0) is 43.2 Å². The van der Waals surface area contributed by atoms with E-state index < -0.39 is 22.9 Å². The molecule has 0 aliphatic carbocycles. The molecular formula is C15H34O3Si2. The molecule has 0 fully saturated rings. The Bertz CT molecular complexity index is 321. The standard InChI is InChI=1S/C15H34O3Si2/c1-12(16)13(17-19(8,9)14(2,3)4)18-20(10,11)15(5,6)7/h13H,1-11H3. The highest BCUT2D eigenvalue weighted by atomic mass is 28.4. The van der Waals surface area contributed by atoms with Crippen LogP contribution in [0.3, 0.4) is 0 Å². The van der Waals surface area contributed by atoms with Crippen LogP contribution in [0.15, 0.2) is 0 Å². The van der Waals surface area contributed by atoms with Gasteiger partial charge in [-0.3, -0.25) is 4.79 Å². The Hall–Kier alpha value is 0.0238. The smallest absolute Gasteiger partial charge is 0.199 e. The maximum Gasteiger partial charge on any atom is 0.199 e. The predicted molar refractivity (Wildman–Crippen MR) is 91.0 cm³/mol. The molecule has 0 N–H and O–H groups in total. The lowest BCUT2D eigenvalue weighted by molar-refractivity contribution is -0.138. The van der Waals surface area contributed by atoms with Crippen LogP contribution < -0.4 is 0 Å². The number of Topliss-reactive ketones (excluding diaryl/α,β-unsaturated/α-hetero) is 1. The number of hydrogen-bond donors (Lipinski definition) is 0. The molecule has 0 radical (unpaired) electrons. The van der Waals surface area contributed by atoms with E-state index in [4.69, 9.17) is 8.85 Å². The third kappa shape index (κ3) is 5.09. The number of hydrogen-bond acceptors (Lipinski definition) is 3. The second-order valence-electron chi connectivity index (χ2n) is 8.70. The molecule has 0 unspecified atom stereocenters. The molecule has 0 rings (SSSR count). The van der Waals surface area contributed by atoms with Gasteiger partial charge in [0.15, 0.2) is 28.7 Å². The normalized spacial score (nSPS) is 14.8. The topological polar surface area (TPSA) is 35.5 Å². The van der Waals surface area contributed by atoms with Crippen LogP contribution in [0.25, 0.3) is 0 Å². The first-order chi connectivity index (χ1) is 8.51. The maximum absolute atomic E-state index is 11.9. The lowest BCUT2D eigenvalue weighted by Gasteiger charge is -2.43. The van der Waals surface area contributed by atoms with Gasteiger partial charge >= 0.3 is 0 Å². The summed E-state index contributed by atoms with van der Waals surface area (Å²) in [5.41, 5.74) is 0. The SMILES string of the molecule is CC(=O)C(O[Si](C)(C)C(C)(C)C)O[Si](C)(C)C(C)(C)C. The van der Waals surface area contributed by atoms with E-state index in [1.165, 1.54) is 0 Å². The van der Waals surface area contributed by atoms with E-state index in [1.54, 1.807) is 6.92 Å². The van der Waals surface area contributed by atoms with Gasteiger partial charge in [-0.1, -0.05) is 41.5 Å². The number of carbonyl (C=O) groups excluding carboxylic acids is 1. The minimum absolute atomic E-state index is 0.0281. The summed E-state index contributed by atoms with van der Waals surface area (Å²) in [7, 11) is -4.03. The highest BCUT2D eigenvalue weighted by Crippen LogP contribution is 2.40. The van der Waals surface area contributed by atoms with Crippen molar-refractivity contribution in [3.05, 3.63) is 0 Å². The highest BCUT2D eigenvalue weighted by molar-refractivity contribution is 6.75. The zero-order valence-electron chi connectivity index (χ0n) is 15.3. The molecule has 0 saturated carbocycles. The summed E-state index contributed by atoms with van der Waals surface area (Å²) >= 11 is 0. The van der Waals surface area contributed by atoms with Gasteiger partial charge in [0.05, 0.1) is 0 Å². The third-order valence-electron chi connectivity index (χ3n) is 4.75. The molecule has 0 amide bonds. The van der Waals surface area contributed by atoms with E-state index in [0.29, 0.717) is 0 Å². The van der Waals surface area contributed by atoms with Gasteiger partial charge in [0.2, 0.25) is 0 Å². The molecule has 0 aromatic heterocycles. The van der Waals surface area contributed by atoms with Crippen molar-refractivity contribution in [1.29, 1.82) is 0 Å². The van der Waals surface area contributed by atoms with Gasteiger partial charge < -0.3 is 8.85 Å². The van der Waals surface area contributed by atoms with Crippen molar-refractivity contribution in [1.82, 2.24) is 0 Å². The summed E-state index contributed by atoms with van der Waals surface area (Å²) in [4.78, 5) is 11.9. The molecule has 0 saturated heterocycles. The average Bonchev–Trinajstić information content (AvgIpc) is 2.11. The molecule has 5 heteroatoms. The Kier molecular flexibility index (Phi) is 6.03. The minimum atomic E-state index is -2.01. The van der Waals surface area contributed by atoms with Crippen molar-refractivity contribution in [2.24, 2.45) is 0 Å². The Balaban J connectivity index is 5.18. The zero-order valence-corrected chi connectivity index (χ0v) is 17.3. The van der Waals surface area contributed by atoms with Crippen LogP contribution in [0.5, 0.6) is 0 Å². The van der Waals surface area contributed by atoms with E-state index in [2.05, 4.69) is 67.7 Å². The third-order valence-corrected chi connectivity index (χ3v) is 13.6. The molecular weight excluding hydrogens is 284 g/mol. The van der Waals surface area contributed by atoms with Gasteiger partial charge in [0.25, 0.3) is 0 Å². The summed E-state index contributed by atoms with van der Waals surface area (Å²) in [6.07, 6.45) is -0.711. The lowest BCUT2D eigenvalue weighted by Crippen LogP contribution is -2.52. The largest absolute Gasteiger partial charge is 0.387 e. The lowest BCUT2D eigenvalue weighted by atomic mass is 10.2. The van der Waals surface area contributed by atoms with E-state index in [-0.39, 0.29) is 15.9 Å². The first-order valence-electron chi connectivity index (χ1n) is 7.37. The summed E-state index contributed by atoms with van der Waals surface area (Å²) in [6, 6.07) is 0. The van der Waals surface area contributed by atoms with Crippen LogP contribution in [0.2, 0.25) is 36.3 Å². The molecule has 0 spiro atoms. The first kappa shape index (κ1) is 20.0. The van der Waals surface area contributed by atoms with Crippen molar-refractivity contribution in [2.45, 2.75) is 91.0 Å². The van der Waals surface area contributed by atoms with Crippen molar-refractivity contribution in [3.8, 4) is 0 Å². The zero-order chi connectivity index (χ0) is 16.6. The summed E-state index contributed by atoms with van der Waals surface area (Å²) < 4.78 is 12.4. The summed E-state index contributed by atoms with van der Waals surface area (Å²) in [5.74, 6) is -0.0281. The van der Waals surface area contributed by atoms with Gasteiger partial charge in [-0.2, -0.15) is 0 Å². The van der Waals surface area contributed by atoms with E-state index in [1.807, 2.05) is 0 Å². The highest BCUT2D eigenvalue weighted by Gasteiger charge is 2.44. The molecule has 120 valence electrons. The molecule has 0 atom stereocenters. The van der Waals surface area contributed by atoms with E-state index in [9.17, 15) is 4.79 Å². The van der Waals surface area contributed by atoms with Crippen LogP contribution in [0.1, 0.15) is 48.5 Å². The Morgan fingerprint density at radius 3 is 1.20 bits per heavy atom. The quantitative estimate of drug-likeness (QED) is 0.532. The minimum Gasteiger partial charge on any atom is -0.387 e. The van der Waals surface area contributed by atoms with Crippen LogP contribution in [0.4, 0.5) is 0 Å². The van der Waals surface area contributed by atoms with Crippen LogP contribution >= 0.6 is 0 Å². The van der Waals surface area contributed by atoms with E-state index >= 15 is 0 Å². The average molecular weight is 319 g/mol. The van der Waals surface area contributed by atoms with Gasteiger partial charge in [0, 0.05) is 0 Å². The van der Waals surface area contributed by atoms with Gasteiger partial charge in [-0.15, -0.1) is 0 Å². The molecule has 0 heterocycles. The van der Waals surface area contributed by atoms with Crippen LogP contribution in [-0.4, -0.2) is 28.7 Å². The first-order valence-corrected chi connectivity index (χ1v) is 13.2. The predicted octanol–water partition coefficient (Wildman–Crippen LogP) is 4.95. The van der Waals surface area contributed by atoms with Crippen molar-refractivity contribution in [2.75, 3.05) is 0 Å². The monoisotopic (exact) mass is 318 g/mol. The molecule has 0 bridgehead atoms. The van der Waals surface area contributed by atoms with Crippen LogP contribution in [0, 0.1) is 0 Å². The Morgan fingerprint density at radius 2 is 1.05 bits per heavy atom. The molecule has 0 aliphatic heterocycles. The Labute approximate surface area is 127 Å². The second-order valence-corrected chi connectivity index (χ2v) is 18.2. The molecule has 3 nitrogen and oxygen atoms in total. The maximum atomic E-state index is 11.9.